The summed E-state index contributed by atoms with van der Waals surface area (Å²) in [4.78, 5) is 10.7. The summed E-state index contributed by atoms with van der Waals surface area (Å²) < 4.78 is 0. The Bertz CT molecular complexity index is 254. The maximum Gasteiger partial charge on any atom is 0.130 e. The highest BCUT2D eigenvalue weighted by Crippen LogP contribution is 2.08. The Morgan fingerprint density at radius 2 is 1.93 bits per heavy atom. The van der Waals surface area contributed by atoms with Crippen molar-refractivity contribution < 1.29 is 9.90 Å². The number of ketones is 1. The Labute approximate surface area is 92.7 Å². The Hall–Kier alpha value is -0.890. The summed E-state index contributed by atoms with van der Waals surface area (Å²) in [6, 6.07) is 0. The van der Waals surface area contributed by atoms with Gasteiger partial charge in [-0.3, -0.25) is 0 Å². The van der Waals surface area contributed by atoms with E-state index >= 15 is 0 Å². The lowest BCUT2D eigenvalue weighted by atomic mass is 10.1. The molecule has 0 unspecified atom stereocenters. The molecule has 0 aromatic carbocycles. The molecule has 0 atom stereocenters. The molecule has 0 bridgehead atoms. The van der Waals surface area contributed by atoms with E-state index < -0.39 is 5.60 Å². The standard InChI is InChI=1S/C13H22O2/c1-11(7-5-9-12(2)14)8-6-10-13(3,4)15/h6-7,10,15H,5,8-9H2,1-4H3. The number of carbonyl (C=O) groups excluding carboxylic acids is 1. The number of Topliss-reactive ketones (excluding diaryl/α,β-unsaturated/α-hetero) is 1. The van der Waals surface area contributed by atoms with Crippen LogP contribution in [0, 0.1) is 0 Å². The second-order valence-corrected chi connectivity index (χ2v) is 4.55. The zero-order valence-corrected chi connectivity index (χ0v) is 10.2. The Morgan fingerprint density at radius 1 is 1.33 bits per heavy atom. The van der Waals surface area contributed by atoms with Gasteiger partial charge in [-0.25, -0.2) is 0 Å². The van der Waals surface area contributed by atoms with Gasteiger partial charge in [0.2, 0.25) is 0 Å². The molecule has 0 heterocycles. The van der Waals surface area contributed by atoms with Gasteiger partial charge in [0.1, 0.15) is 5.78 Å². The number of allylic oxidation sites excluding steroid dienone is 3. The molecule has 0 radical (unpaired) electrons. The first kappa shape index (κ1) is 14.1. The van der Waals surface area contributed by atoms with E-state index in [1.165, 1.54) is 5.57 Å². The molecule has 15 heavy (non-hydrogen) atoms. The van der Waals surface area contributed by atoms with Crippen LogP contribution in [-0.2, 0) is 4.79 Å². The van der Waals surface area contributed by atoms with Crippen molar-refractivity contribution in [3.63, 3.8) is 0 Å². The van der Waals surface area contributed by atoms with Gasteiger partial charge in [0.25, 0.3) is 0 Å². The van der Waals surface area contributed by atoms with Crippen LogP contribution in [0.3, 0.4) is 0 Å². The minimum Gasteiger partial charge on any atom is -0.386 e. The monoisotopic (exact) mass is 210 g/mol. The van der Waals surface area contributed by atoms with Crippen LogP contribution < -0.4 is 0 Å². The van der Waals surface area contributed by atoms with Crippen molar-refractivity contribution in [2.75, 3.05) is 0 Å². The molecule has 0 amide bonds. The molecule has 0 saturated heterocycles. The number of hydrogen-bond acceptors (Lipinski definition) is 2. The molecule has 2 heteroatoms. The molecule has 0 aromatic heterocycles. The van der Waals surface area contributed by atoms with Gasteiger partial charge in [0, 0.05) is 6.42 Å². The van der Waals surface area contributed by atoms with Gasteiger partial charge in [-0.1, -0.05) is 23.8 Å². The number of hydrogen-bond donors (Lipinski definition) is 1. The summed E-state index contributed by atoms with van der Waals surface area (Å²) in [5.74, 6) is 0.228. The molecular formula is C13H22O2. The van der Waals surface area contributed by atoms with Crippen LogP contribution >= 0.6 is 0 Å². The molecule has 0 aliphatic carbocycles. The van der Waals surface area contributed by atoms with Crippen LogP contribution in [0.1, 0.15) is 47.0 Å². The minimum atomic E-state index is -0.736. The predicted octanol–water partition coefficient (Wildman–Crippen LogP) is 3.02. The van der Waals surface area contributed by atoms with E-state index in [2.05, 4.69) is 6.08 Å². The average Bonchev–Trinajstić information content (AvgIpc) is 2.00. The summed E-state index contributed by atoms with van der Waals surface area (Å²) in [5, 5.41) is 9.43. The van der Waals surface area contributed by atoms with Gasteiger partial charge >= 0.3 is 0 Å². The molecule has 0 aliphatic rings. The summed E-state index contributed by atoms with van der Waals surface area (Å²) in [6.45, 7) is 7.14. The van der Waals surface area contributed by atoms with E-state index in [9.17, 15) is 9.90 Å². The summed E-state index contributed by atoms with van der Waals surface area (Å²) >= 11 is 0. The molecule has 2 nitrogen and oxygen atoms in total. The van der Waals surface area contributed by atoms with Gasteiger partial charge in [0.05, 0.1) is 5.60 Å². The first-order valence-electron chi connectivity index (χ1n) is 5.36. The van der Waals surface area contributed by atoms with Crippen molar-refractivity contribution in [1.82, 2.24) is 0 Å². The molecule has 0 fully saturated rings. The van der Waals surface area contributed by atoms with Crippen LogP contribution in [0.25, 0.3) is 0 Å². The second kappa shape index (κ2) is 6.57. The molecule has 0 rings (SSSR count). The fourth-order valence-corrected chi connectivity index (χ4v) is 1.14. The first-order valence-corrected chi connectivity index (χ1v) is 5.36. The maximum atomic E-state index is 10.7. The molecule has 0 saturated carbocycles. The summed E-state index contributed by atoms with van der Waals surface area (Å²) in [7, 11) is 0. The van der Waals surface area contributed by atoms with Gasteiger partial charge < -0.3 is 9.90 Å². The molecule has 0 aromatic rings. The van der Waals surface area contributed by atoms with E-state index in [0.29, 0.717) is 6.42 Å². The third-order valence-electron chi connectivity index (χ3n) is 1.95. The summed E-state index contributed by atoms with van der Waals surface area (Å²) in [6.07, 6.45) is 8.09. The van der Waals surface area contributed by atoms with E-state index in [1.807, 2.05) is 13.0 Å². The lowest BCUT2D eigenvalue weighted by molar-refractivity contribution is -0.116. The van der Waals surface area contributed by atoms with Gasteiger partial charge in [-0.05, 0) is 40.5 Å². The first-order chi connectivity index (χ1) is 6.81. The number of aliphatic hydroxyl groups is 1. The van der Waals surface area contributed by atoms with Crippen LogP contribution in [0.15, 0.2) is 23.8 Å². The molecular weight excluding hydrogens is 188 g/mol. The maximum absolute atomic E-state index is 10.7. The van der Waals surface area contributed by atoms with Crippen LogP contribution in [0.5, 0.6) is 0 Å². The Balaban J connectivity index is 3.88. The van der Waals surface area contributed by atoms with Crippen molar-refractivity contribution in [2.24, 2.45) is 0 Å². The second-order valence-electron chi connectivity index (χ2n) is 4.55. The normalized spacial score (nSPS) is 13.5. The number of carbonyl (C=O) groups is 1. The van der Waals surface area contributed by atoms with E-state index in [-0.39, 0.29) is 5.78 Å². The van der Waals surface area contributed by atoms with Crippen molar-refractivity contribution in [3.8, 4) is 0 Å². The minimum absolute atomic E-state index is 0.228. The topological polar surface area (TPSA) is 37.3 Å². The fourth-order valence-electron chi connectivity index (χ4n) is 1.14. The lowest BCUT2D eigenvalue weighted by Gasteiger charge is -2.09. The SMILES string of the molecule is CC(=O)CCC=C(C)CC=CC(C)(C)O. The van der Waals surface area contributed by atoms with Crippen molar-refractivity contribution in [2.45, 2.75) is 52.6 Å². The highest BCUT2D eigenvalue weighted by Gasteiger charge is 2.04. The quantitative estimate of drug-likeness (QED) is 0.684. The summed E-state index contributed by atoms with van der Waals surface area (Å²) in [5.41, 5.74) is 0.497. The Morgan fingerprint density at radius 3 is 2.40 bits per heavy atom. The molecule has 1 N–H and O–H groups in total. The van der Waals surface area contributed by atoms with Crippen molar-refractivity contribution >= 4 is 5.78 Å². The predicted molar refractivity (Wildman–Crippen MR) is 63.7 cm³/mol. The van der Waals surface area contributed by atoms with Crippen LogP contribution in [-0.4, -0.2) is 16.5 Å². The third-order valence-corrected chi connectivity index (χ3v) is 1.95. The number of rotatable bonds is 6. The third kappa shape index (κ3) is 11.0. The molecule has 86 valence electrons. The molecule has 0 aliphatic heterocycles. The fraction of sp³-hybridized carbons (Fsp3) is 0.615. The van der Waals surface area contributed by atoms with Crippen molar-refractivity contribution in [1.29, 1.82) is 0 Å². The highest BCUT2D eigenvalue weighted by atomic mass is 16.3. The van der Waals surface area contributed by atoms with E-state index in [4.69, 9.17) is 0 Å². The average molecular weight is 210 g/mol. The highest BCUT2D eigenvalue weighted by molar-refractivity contribution is 5.75. The molecule has 0 spiro atoms. The smallest absolute Gasteiger partial charge is 0.130 e. The van der Waals surface area contributed by atoms with Crippen LogP contribution in [0.4, 0.5) is 0 Å². The zero-order valence-electron chi connectivity index (χ0n) is 10.2. The van der Waals surface area contributed by atoms with E-state index in [0.717, 1.165) is 12.8 Å². The van der Waals surface area contributed by atoms with Gasteiger partial charge in [-0.2, -0.15) is 0 Å². The van der Waals surface area contributed by atoms with Gasteiger partial charge in [0.15, 0.2) is 0 Å². The van der Waals surface area contributed by atoms with Gasteiger partial charge in [-0.15, -0.1) is 0 Å². The lowest BCUT2D eigenvalue weighted by Crippen LogP contribution is -2.13. The van der Waals surface area contributed by atoms with Crippen molar-refractivity contribution in [3.05, 3.63) is 23.8 Å². The largest absolute Gasteiger partial charge is 0.386 e. The van der Waals surface area contributed by atoms with Crippen LogP contribution in [0.2, 0.25) is 0 Å². The Kier molecular flexibility index (Phi) is 6.18. The zero-order chi connectivity index (χ0) is 11.9. The van der Waals surface area contributed by atoms with E-state index in [1.54, 1.807) is 26.8 Å².